The smallest absolute Gasteiger partial charge is 0.0101 e. The Hall–Kier alpha value is -0.0500. The summed E-state index contributed by atoms with van der Waals surface area (Å²) in [5.74, 6) is 0.668. The Morgan fingerprint density at radius 3 is 2.91 bits per heavy atom. The van der Waals surface area contributed by atoms with Crippen LogP contribution < -0.4 is 0 Å². The van der Waals surface area contributed by atoms with Gasteiger partial charge in [-0.25, -0.2) is 0 Å². The second kappa shape index (κ2) is 4.10. The van der Waals surface area contributed by atoms with Gasteiger partial charge in [0.2, 0.25) is 0 Å². The third-order valence-electron chi connectivity index (χ3n) is 1.77. The van der Waals surface area contributed by atoms with E-state index in [2.05, 4.69) is 38.6 Å². The van der Waals surface area contributed by atoms with E-state index in [-0.39, 0.29) is 0 Å². The summed E-state index contributed by atoms with van der Waals surface area (Å²) in [7, 11) is 0. The highest BCUT2D eigenvalue weighted by molar-refractivity contribution is 14.2. The zero-order valence-corrected chi connectivity index (χ0v) is 9.34. The molecule has 1 atom stereocenters. The standard InChI is InChI=1S/C10H15I/c1-4-5-6-10-8-11(3)7-9(10)2/h4-5,7-8,10H,2,6H2,1,3H3/b5-4-. The van der Waals surface area contributed by atoms with Crippen molar-refractivity contribution in [1.29, 1.82) is 0 Å². The second-order valence-electron chi connectivity index (χ2n) is 2.78. The van der Waals surface area contributed by atoms with Gasteiger partial charge < -0.3 is 0 Å². The van der Waals surface area contributed by atoms with Gasteiger partial charge in [0.1, 0.15) is 0 Å². The summed E-state index contributed by atoms with van der Waals surface area (Å²) in [5.41, 5.74) is 1.36. The van der Waals surface area contributed by atoms with Crippen molar-refractivity contribution in [3.8, 4) is 0 Å². The molecule has 0 aliphatic carbocycles. The molecule has 0 spiro atoms. The van der Waals surface area contributed by atoms with Crippen molar-refractivity contribution < 1.29 is 0 Å². The number of rotatable bonds is 2. The maximum atomic E-state index is 4.06. The minimum Gasteiger partial charge on any atom is -0.156 e. The van der Waals surface area contributed by atoms with Crippen LogP contribution in [0.25, 0.3) is 0 Å². The molecule has 0 nitrogen and oxygen atoms in total. The summed E-state index contributed by atoms with van der Waals surface area (Å²) in [6.07, 6.45) is 5.51. The Morgan fingerprint density at radius 2 is 2.45 bits per heavy atom. The van der Waals surface area contributed by atoms with E-state index in [1.165, 1.54) is 5.57 Å². The predicted octanol–water partition coefficient (Wildman–Crippen LogP) is 2.88. The molecule has 1 aliphatic heterocycles. The first-order valence-corrected chi connectivity index (χ1v) is 8.45. The molecule has 1 heteroatoms. The number of allylic oxidation sites excluding steroid dienone is 3. The summed E-state index contributed by atoms with van der Waals surface area (Å²) < 4.78 is 4.92. The fourth-order valence-corrected chi connectivity index (χ4v) is 5.20. The van der Waals surface area contributed by atoms with E-state index in [4.69, 9.17) is 0 Å². The highest BCUT2D eigenvalue weighted by atomic mass is 127. The Kier molecular flexibility index (Phi) is 3.37. The van der Waals surface area contributed by atoms with E-state index in [0.29, 0.717) is 5.92 Å². The zero-order valence-electron chi connectivity index (χ0n) is 7.18. The van der Waals surface area contributed by atoms with Crippen molar-refractivity contribution in [2.24, 2.45) is 5.92 Å². The summed E-state index contributed by atoms with van der Waals surface area (Å²) in [6, 6.07) is 0. The molecule has 0 radical (unpaired) electrons. The Morgan fingerprint density at radius 1 is 1.73 bits per heavy atom. The molecule has 11 heavy (non-hydrogen) atoms. The number of hydrogen-bond acceptors (Lipinski definition) is 0. The van der Waals surface area contributed by atoms with Gasteiger partial charge in [0.15, 0.2) is 0 Å². The van der Waals surface area contributed by atoms with Gasteiger partial charge >= 0.3 is 0 Å². The molecule has 0 N–H and O–H groups in total. The summed E-state index contributed by atoms with van der Waals surface area (Å²) in [6.45, 7) is 6.13. The molecular formula is C10H15I. The molecule has 0 fully saturated rings. The Labute approximate surface area is 75.4 Å². The Bertz CT molecular complexity index is 261. The SMILES string of the molecule is C=C1C=I(C)=CC1C/C=C\C. The Balaban J connectivity index is 2.59. The van der Waals surface area contributed by atoms with Gasteiger partial charge in [-0.3, -0.25) is 0 Å². The molecular weight excluding hydrogens is 247 g/mol. The maximum absolute atomic E-state index is 4.06. The maximum Gasteiger partial charge on any atom is 0.0101 e. The number of hydrogen-bond donors (Lipinski definition) is 0. The van der Waals surface area contributed by atoms with Gasteiger partial charge in [-0.05, 0) is 27.9 Å². The van der Waals surface area contributed by atoms with Crippen LogP contribution in [-0.2, 0) is 0 Å². The van der Waals surface area contributed by atoms with Crippen molar-refractivity contribution in [2.75, 3.05) is 4.93 Å². The molecule has 1 aliphatic rings. The van der Waals surface area contributed by atoms with Crippen molar-refractivity contribution in [1.82, 2.24) is 0 Å². The topological polar surface area (TPSA) is 0 Å². The molecule has 0 bridgehead atoms. The minimum absolute atomic E-state index is 0.668. The van der Waals surface area contributed by atoms with Crippen LogP contribution in [0.4, 0.5) is 0 Å². The fourth-order valence-electron chi connectivity index (χ4n) is 1.14. The molecule has 1 rings (SSSR count). The van der Waals surface area contributed by atoms with E-state index in [1.54, 1.807) is 0 Å². The average Bonchev–Trinajstić information content (AvgIpc) is 2.26. The van der Waals surface area contributed by atoms with Crippen LogP contribution in [-0.4, -0.2) is 13.0 Å². The molecule has 1 unspecified atom stereocenters. The van der Waals surface area contributed by atoms with Gasteiger partial charge in [0.25, 0.3) is 0 Å². The van der Waals surface area contributed by atoms with Crippen LogP contribution in [0.2, 0.25) is 0 Å². The third kappa shape index (κ3) is 2.47. The lowest BCUT2D eigenvalue weighted by atomic mass is 10.0. The first kappa shape index (κ1) is 9.04. The number of halogens is 1. The molecule has 0 aromatic heterocycles. The van der Waals surface area contributed by atoms with Crippen LogP contribution in [0.3, 0.4) is 0 Å². The quantitative estimate of drug-likeness (QED) is 0.408. The van der Waals surface area contributed by atoms with Crippen LogP contribution in [0.15, 0.2) is 24.3 Å². The van der Waals surface area contributed by atoms with Crippen molar-refractivity contribution in [3.05, 3.63) is 24.3 Å². The largest absolute Gasteiger partial charge is 0.156 e. The minimum atomic E-state index is -0.747. The first-order chi connectivity index (χ1) is 5.24. The number of alkyl halides is 1. The van der Waals surface area contributed by atoms with Crippen molar-refractivity contribution in [2.45, 2.75) is 13.3 Å². The van der Waals surface area contributed by atoms with E-state index in [1.807, 2.05) is 0 Å². The van der Waals surface area contributed by atoms with E-state index >= 15 is 0 Å². The summed E-state index contributed by atoms with van der Waals surface area (Å²) in [4.78, 5) is 2.37. The van der Waals surface area contributed by atoms with Gasteiger partial charge in [-0.1, -0.05) is 22.7 Å². The molecule has 0 aromatic rings. The van der Waals surface area contributed by atoms with Gasteiger partial charge in [0.05, 0.1) is 0 Å². The highest BCUT2D eigenvalue weighted by Gasteiger charge is 2.09. The lowest BCUT2D eigenvalue weighted by Gasteiger charge is -2.03. The molecule has 1 heterocycles. The monoisotopic (exact) mass is 262 g/mol. The van der Waals surface area contributed by atoms with Crippen molar-refractivity contribution >= 4 is 26.9 Å². The van der Waals surface area contributed by atoms with Gasteiger partial charge in [0, 0.05) is 5.92 Å². The van der Waals surface area contributed by atoms with Gasteiger partial charge in [-0.2, -0.15) is 18.9 Å². The zero-order chi connectivity index (χ0) is 8.27. The van der Waals surface area contributed by atoms with Gasteiger partial charge in [-0.15, -0.1) is 0 Å². The summed E-state index contributed by atoms with van der Waals surface area (Å²) in [5, 5.41) is 0. The molecule has 0 aromatic carbocycles. The fraction of sp³-hybridized carbons (Fsp3) is 0.400. The second-order valence-corrected chi connectivity index (χ2v) is 7.34. The van der Waals surface area contributed by atoms with Crippen LogP contribution >= 0.6 is 18.9 Å². The van der Waals surface area contributed by atoms with Crippen LogP contribution in [0.1, 0.15) is 13.3 Å². The molecule has 0 amide bonds. The highest BCUT2D eigenvalue weighted by Crippen LogP contribution is 2.24. The lowest BCUT2D eigenvalue weighted by molar-refractivity contribution is 0.892. The van der Waals surface area contributed by atoms with E-state index < -0.39 is 18.9 Å². The first-order valence-electron chi connectivity index (χ1n) is 3.81. The molecule has 62 valence electrons. The lowest BCUT2D eigenvalue weighted by Crippen LogP contribution is -1.98. The normalized spacial score (nSPS) is 25.6. The van der Waals surface area contributed by atoms with Crippen LogP contribution in [0.5, 0.6) is 0 Å². The van der Waals surface area contributed by atoms with E-state index in [0.717, 1.165) is 6.42 Å². The van der Waals surface area contributed by atoms with Crippen LogP contribution in [0, 0.1) is 5.92 Å². The summed E-state index contributed by atoms with van der Waals surface area (Å²) >= 11 is -0.747. The van der Waals surface area contributed by atoms with E-state index in [9.17, 15) is 0 Å². The molecule has 0 saturated carbocycles. The average molecular weight is 262 g/mol. The predicted molar refractivity (Wildman–Crippen MR) is 64.1 cm³/mol. The van der Waals surface area contributed by atoms with Crippen molar-refractivity contribution in [3.63, 3.8) is 0 Å². The third-order valence-corrected chi connectivity index (χ3v) is 5.55. The molecule has 0 saturated heterocycles.